The van der Waals surface area contributed by atoms with Crippen LogP contribution in [-0.2, 0) is 11.3 Å². The third-order valence-electron chi connectivity index (χ3n) is 5.48. The average Bonchev–Trinajstić information content (AvgIpc) is 2.71. The highest BCUT2D eigenvalue weighted by Gasteiger charge is 2.41. The van der Waals surface area contributed by atoms with Crippen LogP contribution in [0, 0.1) is 11.8 Å². The summed E-state index contributed by atoms with van der Waals surface area (Å²) in [4.78, 5) is 13.0. The van der Waals surface area contributed by atoms with Gasteiger partial charge in [0.05, 0.1) is 19.4 Å². The van der Waals surface area contributed by atoms with Gasteiger partial charge in [-0.1, -0.05) is 43.2 Å². The Hall–Kier alpha value is -2.62. The molecule has 0 bridgehead atoms. The summed E-state index contributed by atoms with van der Waals surface area (Å²) in [5.41, 5.74) is 3.24. The van der Waals surface area contributed by atoms with Crippen LogP contribution in [0.5, 0.6) is 5.75 Å². The van der Waals surface area contributed by atoms with E-state index >= 15 is 0 Å². The monoisotopic (exact) mass is 348 g/mol. The van der Waals surface area contributed by atoms with Gasteiger partial charge in [0.2, 0.25) is 5.91 Å². The molecule has 0 radical (unpaired) electrons. The number of hydrazone groups is 1. The maximum absolute atomic E-state index is 13.0. The number of carbonyl (C=O) groups excluding carboxylic acids is 1. The maximum Gasteiger partial charge on any atom is 0.246 e. The number of hydrogen-bond donors (Lipinski definition) is 0. The molecule has 0 saturated heterocycles. The Morgan fingerprint density at radius 1 is 1.00 bits per heavy atom. The highest BCUT2D eigenvalue weighted by atomic mass is 16.5. The van der Waals surface area contributed by atoms with Crippen molar-refractivity contribution in [3.8, 4) is 5.75 Å². The second-order valence-corrected chi connectivity index (χ2v) is 7.09. The van der Waals surface area contributed by atoms with Crippen molar-refractivity contribution in [3.05, 3.63) is 65.7 Å². The molecule has 2 aromatic rings. The minimum Gasteiger partial charge on any atom is -0.497 e. The van der Waals surface area contributed by atoms with E-state index in [0.29, 0.717) is 6.54 Å². The summed E-state index contributed by atoms with van der Waals surface area (Å²) in [5, 5.41) is 6.51. The largest absolute Gasteiger partial charge is 0.497 e. The zero-order valence-electron chi connectivity index (χ0n) is 15.1. The molecule has 1 fully saturated rings. The lowest BCUT2D eigenvalue weighted by Gasteiger charge is -2.38. The molecule has 1 aliphatic heterocycles. The number of methoxy groups -OCH3 is 1. The van der Waals surface area contributed by atoms with E-state index in [4.69, 9.17) is 9.84 Å². The van der Waals surface area contributed by atoms with Crippen molar-refractivity contribution in [1.82, 2.24) is 5.01 Å². The fourth-order valence-corrected chi connectivity index (χ4v) is 4.10. The number of carbonyl (C=O) groups is 1. The molecule has 0 N–H and O–H groups in total. The van der Waals surface area contributed by atoms with Crippen LogP contribution in [0.25, 0.3) is 0 Å². The summed E-state index contributed by atoms with van der Waals surface area (Å²) >= 11 is 0. The van der Waals surface area contributed by atoms with Gasteiger partial charge in [0.25, 0.3) is 0 Å². The van der Waals surface area contributed by atoms with Crippen LogP contribution >= 0.6 is 0 Å². The summed E-state index contributed by atoms with van der Waals surface area (Å²) in [7, 11) is 1.67. The number of hydrogen-bond acceptors (Lipinski definition) is 3. The lowest BCUT2D eigenvalue weighted by molar-refractivity contribution is -0.139. The summed E-state index contributed by atoms with van der Waals surface area (Å²) < 4.78 is 5.28. The Bertz CT molecular complexity index is 799. The molecular weight excluding hydrogens is 324 g/mol. The number of rotatable bonds is 4. The molecular formula is C22H24N2O2. The van der Waals surface area contributed by atoms with E-state index in [1.807, 2.05) is 42.5 Å². The van der Waals surface area contributed by atoms with Crippen molar-refractivity contribution in [1.29, 1.82) is 0 Å². The minimum atomic E-state index is 0.0575. The van der Waals surface area contributed by atoms with Gasteiger partial charge in [-0.3, -0.25) is 4.79 Å². The van der Waals surface area contributed by atoms with Gasteiger partial charge in [-0.05, 0) is 48.2 Å². The number of nitrogens with zero attached hydrogens (tertiary/aromatic N) is 2. The Morgan fingerprint density at radius 2 is 1.69 bits per heavy atom. The third kappa shape index (κ3) is 3.24. The molecule has 4 rings (SSSR count). The standard InChI is InChI=1S/C22H24N2O2/c1-26-18-13-11-17(12-14-18)21-19-9-5-6-10-20(19)22(25)24(23-21)15-16-7-3-2-4-8-16/h2-4,7-8,11-14,19-20H,5-6,9-10,15H2,1H3. The summed E-state index contributed by atoms with van der Waals surface area (Å²) in [6.07, 6.45) is 4.30. The molecule has 26 heavy (non-hydrogen) atoms. The van der Waals surface area contributed by atoms with Gasteiger partial charge in [-0.15, -0.1) is 0 Å². The highest BCUT2D eigenvalue weighted by Crippen LogP contribution is 2.38. The molecule has 4 nitrogen and oxygen atoms in total. The van der Waals surface area contributed by atoms with Crippen molar-refractivity contribution in [2.24, 2.45) is 16.9 Å². The van der Waals surface area contributed by atoms with E-state index in [0.717, 1.165) is 41.9 Å². The summed E-state index contributed by atoms with van der Waals surface area (Å²) in [6, 6.07) is 18.1. The smallest absolute Gasteiger partial charge is 0.246 e. The maximum atomic E-state index is 13.0. The second kappa shape index (κ2) is 7.32. The second-order valence-electron chi connectivity index (χ2n) is 7.09. The molecule has 1 aliphatic carbocycles. The number of benzene rings is 2. The van der Waals surface area contributed by atoms with Crippen molar-refractivity contribution in [2.45, 2.75) is 32.2 Å². The minimum absolute atomic E-state index is 0.0575. The van der Waals surface area contributed by atoms with E-state index in [9.17, 15) is 4.79 Å². The van der Waals surface area contributed by atoms with E-state index in [-0.39, 0.29) is 17.7 Å². The van der Waals surface area contributed by atoms with Crippen LogP contribution < -0.4 is 4.74 Å². The Balaban J connectivity index is 1.70. The Kier molecular flexibility index (Phi) is 4.74. The van der Waals surface area contributed by atoms with Crippen molar-refractivity contribution in [2.75, 3.05) is 7.11 Å². The molecule has 1 saturated carbocycles. The molecule has 2 unspecified atom stereocenters. The fraction of sp³-hybridized carbons (Fsp3) is 0.364. The van der Waals surface area contributed by atoms with Gasteiger partial charge in [0.1, 0.15) is 5.75 Å². The molecule has 1 amide bonds. The number of amides is 1. The van der Waals surface area contributed by atoms with Crippen molar-refractivity contribution >= 4 is 11.6 Å². The third-order valence-corrected chi connectivity index (χ3v) is 5.48. The van der Waals surface area contributed by atoms with Crippen molar-refractivity contribution < 1.29 is 9.53 Å². The van der Waals surface area contributed by atoms with E-state index in [1.165, 1.54) is 6.42 Å². The lowest BCUT2D eigenvalue weighted by atomic mass is 9.73. The first kappa shape index (κ1) is 16.8. The lowest BCUT2D eigenvalue weighted by Crippen LogP contribution is -2.45. The molecule has 0 aromatic heterocycles. The van der Waals surface area contributed by atoms with Gasteiger partial charge in [0, 0.05) is 11.8 Å². The molecule has 2 atom stereocenters. The molecule has 2 aliphatic rings. The molecule has 1 heterocycles. The Labute approximate surface area is 154 Å². The van der Waals surface area contributed by atoms with Crippen LogP contribution in [0.4, 0.5) is 0 Å². The van der Waals surface area contributed by atoms with E-state index in [2.05, 4.69) is 12.1 Å². The average molecular weight is 348 g/mol. The molecule has 2 aromatic carbocycles. The highest BCUT2D eigenvalue weighted by molar-refractivity contribution is 6.06. The number of ether oxygens (including phenoxy) is 1. The first-order valence-electron chi connectivity index (χ1n) is 9.34. The van der Waals surface area contributed by atoms with Crippen molar-refractivity contribution in [3.63, 3.8) is 0 Å². The predicted molar refractivity (Wildman–Crippen MR) is 102 cm³/mol. The normalized spacial score (nSPS) is 22.6. The molecule has 4 heteroatoms. The number of fused-ring (bicyclic) bond motifs is 1. The zero-order chi connectivity index (χ0) is 17.9. The van der Waals surface area contributed by atoms with Crippen LogP contribution in [0.15, 0.2) is 59.7 Å². The van der Waals surface area contributed by atoms with Gasteiger partial charge < -0.3 is 4.74 Å². The van der Waals surface area contributed by atoms with Gasteiger partial charge in [-0.25, -0.2) is 5.01 Å². The SMILES string of the molecule is COc1ccc(C2=NN(Cc3ccccc3)C(=O)C3CCCCC23)cc1. The topological polar surface area (TPSA) is 41.9 Å². The van der Waals surface area contributed by atoms with E-state index in [1.54, 1.807) is 12.1 Å². The Morgan fingerprint density at radius 3 is 2.38 bits per heavy atom. The summed E-state index contributed by atoms with van der Waals surface area (Å²) in [5.74, 6) is 1.30. The predicted octanol–water partition coefficient (Wildman–Crippen LogP) is 4.25. The molecule has 0 spiro atoms. The zero-order valence-corrected chi connectivity index (χ0v) is 15.1. The fourth-order valence-electron chi connectivity index (χ4n) is 4.10. The van der Waals surface area contributed by atoms with Gasteiger partial charge in [-0.2, -0.15) is 5.10 Å². The quantitative estimate of drug-likeness (QED) is 0.829. The first-order chi connectivity index (χ1) is 12.8. The van der Waals surface area contributed by atoms with Crippen LogP contribution in [0.1, 0.15) is 36.8 Å². The van der Waals surface area contributed by atoms with Crippen LogP contribution in [0.3, 0.4) is 0 Å². The van der Waals surface area contributed by atoms with Crippen LogP contribution in [-0.4, -0.2) is 23.7 Å². The van der Waals surface area contributed by atoms with Gasteiger partial charge in [0.15, 0.2) is 0 Å². The van der Waals surface area contributed by atoms with Crippen LogP contribution in [0.2, 0.25) is 0 Å². The van der Waals surface area contributed by atoms with E-state index < -0.39 is 0 Å². The first-order valence-corrected chi connectivity index (χ1v) is 9.34. The van der Waals surface area contributed by atoms with Gasteiger partial charge >= 0.3 is 0 Å². The molecule has 134 valence electrons. The summed E-state index contributed by atoms with van der Waals surface area (Å²) in [6.45, 7) is 0.530.